The quantitative estimate of drug-likeness (QED) is 0.916. The molecular weight excluding hydrogens is 269 g/mol. The maximum Gasteiger partial charge on any atom is 0.250 e. The van der Waals surface area contributed by atoms with E-state index in [1.54, 1.807) is 6.07 Å². The van der Waals surface area contributed by atoms with Crippen LogP contribution >= 0.6 is 11.6 Å². The van der Waals surface area contributed by atoms with E-state index in [-0.39, 0.29) is 11.5 Å². The SMILES string of the molecule is CC(C)NCCc1nnc(-c2ccc(Cl)cc2F)o1. The summed E-state index contributed by atoms with van der Waals surface area (Å²) in [5.74, 6) is 0.189. The smallest absolute Gasteiger partial charge is 0.250 e. The second-order valence-electron chi connectivity index (χ2n) is 4.48. The van der Waals surface area contributed by atoms with Crippen LogP contribution in [0.5, 0.6) is 0 Å². The van der Waals surface area contributed by atoms with Crippen molar-refractivity contribution in [2.24, 2.45) is 0 Å². The molecule has 0 atom stereocenters. The average molecular weight is 284 g/mol. The lowest BCUT2D eigenvalue weighted by Crippen LogP contribution is -2.25. The molecule has 0 aliphatic heterocycles. The first-order chi connectivity index (χ1) is 9.06. The molecule has 2 aromatic rings. The van der Waals surface area contributed by atoms with Crippen molar-refractivity contribution in [2.45, 2.75) is 26.3 Å². The number of benzene rings is 1. The van der Waals surface area contributed by atoms with Crippen LogP contribution in [-0.2, 0) is 6.42 Å². The van der Waals surface area contributed by atoms with Gasteiger partial charge in [-0.25, -0.2) is 4.39 Å². The average Bonchev–Trinajstić information content (AvgIpc) is 2.77. The molecule has 102 valence electrons. The standard InChI is InChI=1S/C13H15ClFN3O/c1-8(2)16-6-5-12-17-18-13(19-12)10-4-3-9(14)7-11(10)15/h3-4,7-8,16H,5-6H2,1-2H3. The normalized spacial score (nSPS) is 11.2. The highest BCUT2D eigenvalue weighted by molar-refractivity contribution is 6.30. The number of hydrogen-bond acceptors (Lipinski definition) is 4. The predicted molar refractivity (Wildman–Crippen MR) is 71.5 cm³/mol. The molecular formula is C13H15ClFN3O. The molecule has 0 radical (unpaired) electrons. The van der Waals surface area contributed by atoms with Crippen molar-refractivity contribution < 1.29 is 8.81 Å². The Hall–Kier alpha value is -1.46. The van der Waals surface area contributed by atoms with Gasteiger partial charge in [0, 0.05) is 24.0 Å². The lowest BCUT2D eigenvalue weighted by molar-refractivity contribution is 0.482. The molecule has 0 aliphatic rings. The van der Waals surface area contributed by atoms with E-state index in [2.05, 4.69) is 29.4 Å². The monoisotopic (exact) mass is 283 g/mol. The molecule has 1 heterocycles. The summed E-state index contributed by atoms with van der Waals surface area (Å²) in [5.41, 5.74) is 0.264. The Morgan fingerprint density at radius 3 is 2.84 bits per heavy atom. The van der Waals surface area contributed by atoms with E-state index in [9.17, 15) is 4.39 Å². The molecule has 0 spiro atoms. The summed E-state index contributed by atoms with van der Waals surface area (Å²) in [6.45, 7) is 4.85. The molecule has 0 saturated heterocycles. The molecule has 0 fully saturated rings. The molecule has 1 N–H and O–H groups in total. The van der Waals surface area contributed by atoms with Crippen molar-refractivity contribution in [3.8, 4) is 11.5 Å². The molecule has 0 amide bonds. The summed E-state index contributed by atoms with van der Waals surface area (Å²) in [5, 5.41) is 11.3. The van der Waals surface area contributed by atoms with Gasteiger partial charge >= 0.3 is 0 Å². The minimum atomic E-state index is -0.469. The predicted octanol–water partition coefficient (Wildman–Crippen LogP) is 3.07. The number of aromatic nitrogens is 2. The zero-order chi connectivity index (χ0) is 13.8. The van der Waals surface area contributed by atoms with E-state index in [0.717, 1.165) is 6.54 Å². The van der Waals surface area contributed by atoms with Gasteiger partial charge in [-0.3, -0.25) is 0 Å². The first-order valence-corrected chi connectivity index (χ1v) is 6.45. The number of nitrogens with one attached hydrogen (secondary N) is 1. The molecule has 19 heavy (non-hydrogen) atoms. The maximum atomic E-state index is 13.7. The van der Waals surface area contributed by atoms with Gasteiger partial charge < -0.3 is 9.73 Å². The highest BCUT2D eigenvalue weighted by atomic mass is 35.5. The van der Waals surface area contributed by atoms with Gasteiger partial charge in [0.1, 0.15) is 5.82 Å². The van der Waals surface area contributed by atoms with Crippen molar-refractivity contribution in [2.75, 3.05) is 6.54 Å². The van der Waals surface area contributed by atoms with Gasteiger partial charge in [-0.2, -0.15) is 0 Å². The molecule has 6 heteroatoms. The van der Waals surface area contributed by atoms with E-state index in [4.69, 9.17) is 16.0 Å². The fourth-order valence-electron chi connectivity index (χ4n) is 1.59. The third kappa shape index (κ3) is 3.75. The Balaban J connectivity index is 2.08. The van der Waals surface area contributed by atoms with Crippen LogP contribution in [0, 0.1) is 5.82 Å². The summed E-state index contributed by atoms with van der Waals surface area (Å²) in [7, 11) is 0. The minimum absolute atomic E-state index is 0.175. The van der Waals surface area contributed by atoms with Crippen LogP contribution < -0.4 is 5.32 Å². The maximum absolute atomic E-state index is 13.7. The summed E-state index contributed by atoms with van der Waals surface area (Å²) < 4.78 is 19.1. The lowest BCUT2D eigenvalue weighted by atomic mass is 10.2. The Labute approximate surface area is 116 Å². The summed E-state index contributed by atoms with van der Waals surface area (Å²) in [6.07, 6.45) is 0.611. The minimum Gasteiger partial charge on any atom is -0.421 e. The van der Waals surface area contributed by atoms with Crippen LogP contribution in [0.3, 0.4) is 0 Å². The van der Waals surface area contributed by atoms with Crippen LogP contribution in [0.4, 0.5) is 4.39 Å². The fourth-order valence-corrected chi connectivity index (χ4v) is 1.75. The van der Waals surface area contributed by atoms with E-state index in [1.165, 1.54) is 12.1 Å². The van der Waals surface area contributed by atoms with E-state index < -0.39 is 5.82 Å². The molecule has 0 bridgehead atoms. The number of rotatable bonds is 5. The lowest BCUT2D eigenvalue weighted by Gasteiger charge is -2.04. The molecule has 0 unspecified atom stereocenters. The van der Waals surface area contributed by atoms with Crippen molar-refractivity contribution in [1.82, 2.24) is 15.5 Å². The molecule has 2 rings (SSSR count). The van der Waals surface area contributed by atoms with Gasteiger partial charge in [0.25, 0.3) is 5.89 Å². The first kappa shape index (κ1) is 14.0. The summed E-state index contributed by atoms with van der Waals surface area (Å²) >= 11 is 5.69. The molecule has 4 nitrogen and oxygen atoms in total. The van der Waals surface area contributed by atoms with Crippen molar-refractivity contribution in [1.29, 1.82) is 0 Å². The topological polar surface area (TPSA) is 51.0 Å². The van der Waals surface area contributed by atoms with Crippen LogP contribution in [0.25, 0.3) is 11.5 Å². The van der Waals surface area contributed by atoms with Crippen molar-refractivity contribution in [3.05, 3.63) is 34.9 Å². The van der Waals surface area contributed by atoms with Gasteiger partial charge in [-0.15, -0.1) is 10.2 Å². The number of hydrogen-bond donors (Lipinski definition) is 1. The van der Waals surface area contributed by atoms with Crippen LogP contribution in [0.1, 0.15) is 19.7 Å². The Morgan fingerprint density at radius 2 is 2.16 bits per heavy atom. The Kier molecular flexibility index (Phi) is 4.50. The largest absolute Gasteiger partial charge is 0.421 e. The van der Waals surface area contributed by atoms with Crippen molar-refractivity contribution in [3.63, 3.8) is 0 Å². The summed E-state index contributed by atoms with van der Waals surface area (Å²) in [4.78, 5) is 0. The molecule has 1 aromatic carbocycles. The highest BCUT2D eigenvalue weighted by Crippen LogP contribution is 2.24. The fraction of sp³-hybridized carbons (Fsp3) is 0.385. The summed E-state index contributed by atoms with van der Waals surface area (Å²) in [6, 6.07) is 4.74. The second-order valence-corrected chi connectivity index (χ2v) is 4.92. The Morgan fingerprint density at radius 1 is 1.37 bits per heavy atom. The van der Waals surface area contributed by atoms with Crippen LogP contribution in [-0.4, -0.2) is 22.8 Å². The second kappa shape index (κ2) is 6.12. The van der Waals surface area contributed by atoms with Gasteiger partial charge in [0.2, 0.25) is 5.89 Å². The number of halogens is 2. The molecule has 0 aliphatic carbocycles. The Bertz CT molecular complexity index is 557. The third-order valence-corrected chi connectivity index (χ3v) is 2.75. The first-order valence-electron chi connectivity index (χ1n) is 6.07. The van der Waals surface area contributed by atoms with Crippen molar-refractivity contribution >= 4 is 11.6 Å². The van der Waals surface area contributed by atoms with Crippen LogP contribution in [0.15, 0.2) is 22.6 Å². The zero-order valence-corrected chi connectivity index (χ0v) is 11.5. The molecule has 1 aromatic heterocycles. The highest BCUT2D eigenvalue weighted by Gasteiger charge is 2.13. The molecule has 0 saturated carbocycles. The zero-order valence-electron chi connectivity index (χ0n) is 10.8. The van der Waals surface area contributed by atoms with E-state index >= 15 is 0 Å². The van der Waals surface area contributed by atoms with E-state index in [1.807, 2.05) is 0 Å². The number of nitrogens with zero attached hydrogens (tertiary/aromatic N) is 2. The van der Waals surface area contributed by atoms with Gasteiger partial charge in [0.15, 0.2) is 0 Å². The van der Waals surface area contributed by atoms with Gasteiger partial charge in [-0.05, 0) is 18.2 Å². The van der Waals surface area contributed by atoms with Gasteiger partial charge in [-0.1, -0.05) is 25.4 Å². The van der Waals surface area contributed by atoms with Crippen LogP contribution in [0.2, 0.25) is 5.02 Å². The van der Waals surface area contributed by atoms with E-state index in [0.29, 0.717) is 23.4 Å². The van der Waals surface area contributed by atoms with Gasteiger partial charge in [0.05, 0.1) is 5.56 Å². The third-order valence-electron chi connectivity index (χ3n) is 2.52.